The van der Waals surface area contributed by atoms with E-state index in [9.17, 15) is 9.59 Å². The molecular weight excluding hydrogens is 188 g/mol. The van der Waals surface area contributed by atoms with Crippen LogP contribution >= 0.6 is 12.6 Å². The van der Waals surface area contributed by atoms with E-state index < -0.39 is 5.54 Å². The molecule has 0 aromatic heterocycles. The van der Waals surface area contributed by atoms with Crippen molar-refractivity contribution in [1.82, 2.24) is 9.80 Å². The average molecular weight is 202 g/mol. The summed E-state index contributed by atoms with van der Waals surface area (Å²) in [7, 11) is 1.63. The Labute approximate surface area is 83.3 Å². The zero-order chi connectivity index (χ0) is 10.2. The molecule has 0 spiro atoms. The van der Waals surface area contributed by atoms with Crippen molar-refractivity contribution in [3.05, 3.63) is 0 Å². The molecule has 1 heterocycles. The van der Waals surface area contributed by atoms with Crippen LogP contribution in [0.5, 0.6) is 0 Å². The van der Waals surface area contributed by atoms with E-state index in [-0.39, 0.29) is 11.9 Å². The molecule has 1 fully saturated rings. The molecule has 0 N–H and O–H groups in total. The fraction of sp³-hybridized carbons (Fsp3) is 0.750. The lowest BCUT2D eigenvalue weighted by Crippen LogP contribution is -2.46. The molecule has 1 unspecified atom stereocenters. The highest BCUT2D eigenvalue weighted by Gasteiger charge is 2.50. The maximum Gasteiger partial charge on any atom is 0.327 e. The monoisotopic (exact) mass is 202 g/mol. The van der Waals surface area contributed by atoms with E-state index in [2.05, 4.69) is 12.6 Å². The normalized spacial score (nSPS) is 28.9. The largest absolute Gasteiger partial charge is 0.327 e. The second-order valence-electron chi connectivity index (χ2n) is 3.32. The molecule has 1 saturated heterocycles. The van der Waals surface area contributed by atoms with Gasteiger partial charge in [0.1, 0.15) is 5.54 Å². The highest BCUT2D eigenvalue weighted by Crippen LogP contribution is 2.26. The Morgan fingerprint density at radius 3 is 2.23 bits per heavy atom. The summed E-state index contributed by atoms with van der Waals surface area (Å²) in [6, 6.07) is -0.232. The van der Waals surface area contributed by atoms with Crippen LogP contribution in [0.15, 0.2) is 0 Å². The van der Waals surface area contributed by atoms with Crippen molar-refractivity contribution in [3.8, 4) is 0 Å². The minimum Gasteiger partial charge on any atom is -0.312 e. The summed E-state index contributed by atoms with van der Waals surface area (Å²) >= 11 is 4.10. The van der Waals surface area contributed by atoms with E-state index in [1.54, 1.807) is 20.9 Å². The average Bonchev–Trinajstić information content (AvgIpc) is 2.29. The molecule has 1 aliphatic heterocycles. The Morgan fingerprint density at radius 1 is 1.46 bits per heavy atom. The van der Waals surface area contributed by atoms with Crippen LogP contribution in [0.2, 0.25) is 0 Å². The number of carbonyl (C=O) groups excluding carboxylic acids is 2. The summed E-state index contributed by atoms with van der Waals surface area (Å²) in [6.07, 6.45) is 0. The van der Waals surface area contributed by atoms with E-state index in [1.807, 2.05) is 0 Å². The van der Waals surface area contributed by atoms with E-state index in [0.29, 0.717) is 12.3 Å². The van der Waals surface area contributed by atoms with Crippen LogP contribution in [0.3, 0.4) is 0 Å². The Morgan fingerprint density at radius 2 is 2.00 bits per heavy atom. The molecule has 0 aromatic carbocycles. The molecule has 0 aliphatic carbocycles. The predicted molar refractivity (Wildman–Crippen MR) is 52.8 cm³/mol. The molecule has 13 heavy (non-hydrogen) atoms. The van der Waals surface area contributed by atoms with Gasteiger partial charge in [0.15, 0.2) is 0 Å². The minimum absolute atomic E-state index is 0.155. The van der Waals surface area contributed by atoms with Crippen LogP contribution in [0.4, 0.5) is 4.79 Å². The predicted octanol–water partition coefficient (Wildman–Crippen LogP) is 0.589. The number of thiol groups is 1. The molecule has 1 atom stereocenters. The van der Waals surface area contributed by atoms with Crippen LogP contribution in [0.25, 0.3) is 0 Å². The van der Waals surface area contributed by atoms with Crippen molar-refractivity contribution in [2.24, 2.45) is 0 Å². The molecule has 1 aliphatic rings. The van der Waals surface area contributed by atoms with Crippen LogP contribution < -0.4 is 0 Å². The van der Waals surface area contributed by atoms with Crippen LogP contribution in [-0.4, -0.2) is 46.6 Å². The number of hydrogen-bond donors (Lipinski definition) is 1. The van der Waals surface area contributed by atoms with E-state index in [4.69, 9.17) is 0 Å². The Bertz CT molecular complexity index is 257. The molecule has 0 radical (unpaired) electrons. The second kappa shape index (κ2) is 3.21. The number of likely N-dealkylation sites (N-methyl/N-ethyl adjacent to an activating group) is 2. The maximum atomic E-state index is 11.7. The fourth-order valence-electron chi connectivity index (χ4n) is 1.37. The lowest BCUT2D eigenvalue weighted by molar-refractivity contribution is -0.131. The van der Waals surface area contributed by atoms with Gasteiger partial charge in [0.05, 0.1) is 0 Å². The lowest BCUT2D eigenvalue weighted by Gasteiger charge is -2.25. The van der Waals surface area contributed by atoms with Gasteiger partial charge in [-0.3, -0.25) is 9.69 Å². The number of imide groups is 1. The quantitative estimate of drug-likeness (QED) is 0.526. The van der Waals surface area contributed by atoms with E-state index >= 15 is 0 Å². The number of nitrogens with zero attached hydrogens (tertiary/aromatic N) is 2. The fourth-order valence-corrected chi connectivity index (χ4v) is 1.71. The molecule has 1 rings (SSSR count). The lowest BCUT2D eigenvalue weighted by atomic mass is 10.0. The number of carbonyl (C=O) groups is 2. The van der Waals surface area contributed by atoms with Gasteiger partial charge >= 0.3 is 6.03 Å². The molecule has 74 valence electrons. The minimum atomic E-state index is -0.768. The van der Waals surface area contributed by atoms with Gasteiger partial charge in [-0.25, -0.2) is 4.79 Å². The van der Waals surface area contributed by atoms with Gasteiger partial charge in [-0.05, 0) is 13.8 Å². The number of urea groups is 1. The zero-order valence-corrected chi connectivity index (χ0v) is 8.97. The molecule has 4 nitrogen and oxygen atoms in total. The highest BCUT2D eigenvalue weighted by atomic mass is 32.1. The first kappa shape index (κ1) is 10.4. The van der Waals surface area contributed by atoms with Crippen molar-refractivity contribution in [3.63, 3.8) is 0 Å². The smallest absolute Gasteiger partial charge is 0.312 e. The van der Waals surface area contributed by atoms with Gasteiger partial charge < -0.3 is 4.90 Å². The molecule has 0 aromatic rings. The summed E-state index contributed by atoms with van der Waals surface area (Å²) in [5, 5.41) is 0. The van der Waals surface area contributed by atoms with Crippen LogP contribution in [-0.2, 0) is 4.79 Å². The van der Waals surface area contributed by atoms with Crippen LogP contribution in [0.1, 0.15) is 13.8 Å². The van der Waals surface area contributed by atoms with Gasteiger partial charge in [-0.2, -0.15) is 12.6 Å². The van der Waals surface area contributed by atoms with Gasteiger partial charge in [0, 0.05) is 19.3 Å². The van der Waals surface area contributed by atoms with Gasteiger partial charge in [0.2, 0.25) is 0 Å². The first-order valence-electron chi connectivity index (χ1n) is 4.19. The van der Waals surface area contributed by atoms with Gasteiger partial charge in [-0.1, -0.05) is 0 Å². The standard InChI is InChI=1S/C8H14N2O2S/c1-4-10-6(11)8(2,5-13)9(3)7(10)12/h13H,4-5H2,1-3H3. The maximum absolute atomic E-state index is 11.7. The van der Waals surface area contributed by atoms with E-state index in [0.717, 1.165) is 0 Å². The molecule has 5 heteroatoms. The summed E-state index contributed by atoms with van der Waals surface area (Å²) in [5.41, 5.74) is -0.768. The number of amides is 3. The number of rotatable bonds is 2. The van der Waals surface area contributed by atoms with Gasteiger partial charge in [-0.15, -0.1) is 0 Å². The molecule has 0 saturated carbocycles. The number of hydrogen-bond acceptors (Lipinski definition) is 3. The Kier molecular flexibility index (Phi) is 2.56. The Balaban J connectivity index is 3.05. The van der Waals surface area contributed by atoms with Crippen molar-refractivity contribution in [2.45, 2.75) is 19.4 Å². The summed E-state index contributed by atoms with van der Waals surface area (Å²) in [5.74, 6) is 0.197. The van der Waals surface area contributed by atoms with Crippen molar-refractivity contribution >= 4 is 24.6 Å². The van der Waals surface area contributed by atoms with Crippen LogP contribution in [0, 0.1) is 0 Å². The molecule has 0 bridgehead atoms. The summed E-state index contributed by atoms with van der Waals surface area (Å²) < 4.78 is 0. The van der Waals surface area contributed by atoms with Crippen molar-refractivity contribution < 1.29 is 9.59 Å². The SMILES string of the molecule is CCN1C(=O)N(C)C(C)(CS)C1=O. The third-order valence-electron chi connectivity index (χ3n) is 2.59. The first-order valence-corrected chi connectivity index (χ1v) is 4.83. The third-order valence-corrected chi connectivity index (χ3v) is 3.20. The van der Waals surface area contributed by atoms with E-state index in [1.165, 1.54) is 9.80 Å². The summed E-state index contributed by atoms with van der Waals surface area (Å²) in [6.45, 7) is 3.94. The molecule has 3 amide bonds. The van der Waals surface area contributed by atoms with Crippen molar-refractivity contribution in [1.29, 1.82) is 0 Å². The second-order valence-corrected chi connectivity index (χ2v) is 3.64. The Hall–Kier alpha value is -0.710. The third kappa shape index (κ3) is 1.22. The summed E-state index contributed by atoms with van der Waals surface area (Å²) in [4.78, 5) is 25.9. The van der Waals surface area contributed by atoms with Crippen molar-refractivity contribution in [2.75, 3.05) is 19.3 Å². The first-order chi connectivity index (χ1) is 5.99. The highest BCUT2D eigenvalue weighted by molar-refractivity contribution is 7.80. The van der Waals surface area contributed by atoms with Gasteiger partial charge in [0.25, 0.3) is 5.91 Å². The topological polar surface area (TPSA) is 40.6 Å². The zero-order valence-electron chi connectivity index (χ0n) is 8.07. The molecular formula is C8H14N2O2S.